The number of sulfonamides is 1. The van der Waals surface area contributed by atoms with Crippen molar-refractivity contribution in [1.82, 2.24) is 4.90 Å². The Balaban J connectivity index is 1.56. The van der Waals surface area contributed by atoms with Crippen LogP contribution in [0.15, 0.2) is 69.3 Å². The Labute approximate surface area is 231 Å². The predicted molar refractivity (Wildman–Crippen MR) is 141 cm³/mol. The van der Waals surface area contributed by atoms with E-state index in [-0.39, 0.29) is 15.6 Å². The molecule has 1 heterocycles. The summed E-state index contributed by atoms with van der Waals surface area (Å²) in [5.74, 6) is -0.438. The van der Waals surface area contributed by atoms with Crippen molar-refractivity contribution >= 4 is 62.3 Å². The van der Waals surface area contributed by atoms with E-state index in [9.17, 15) is 21.6 Å². The third-order valence-electron chi connectivity index (χ3n) is 5.50. The number of hydrogen-bond acceptors (Lipinski definition) is 5. The summed E-state index contributed by atoms with van der Waals surface area (Å²) >= 11 is 19.6. The average Bonchev–Trinajstić information content (AvgIpc) is 3.19. The van der Waals surface area contributed by atoms with E-state index in [1.54, 1.807) is 24.3 Å². The van der Waals surface area contributed by atoms with Gasteiger partial charge in [0.25, 0.3) is 10.0 Å². The highest BCUT2D eigenvalue weighted by Gasteiger charge is 2.36. The summed E-state index contributed by atoms with van der Waals surface area (Å²) in [6.07, 6.45) is -4.54. The van der Waals surface area contributed by atoms with E-state index in [4.69, 9.17) is 39.5 Å². The normalized spacial score (nSPS) is 16.7. The van der Waals surface area contributed by atoms with Gasteiger partial charge in [-0.3, -0.25) is 4.72 Å². The van der Waals surface area contributed by atoms with Crippen LogP contribution in [0.3, 0.4) is 0 Å². The fourth-order valence-corrected chi connectivity index (χ4v) is 6.66. The number of benzene rings is 3. The van der Waals surface area contributed by atoms with Gasteiger partial charge in [0, 0.05) is 28.9 Å². The van der Waals surface area contributed by atoms with Crippen molar-refractivity contribution in [3.63, 3.8) is 0 Å². The van der Waals surface area contributed by atoms with Gasteiger partial charge < -0.3 is 9.64 Å². The zero-order valence-corrected chi connectivity index (χ0v) is 23.1. The number of likely N-dealkylation sites (N-methyl/N-ethyl adjacent to an activating group) is 1. The number of nitrogens with one attached hydrogen (secondary N) is 1. The summed E-state index contributed by atoms with van der Waals surface area (Å²) in [6, 6.07) is 12.3. The number of hydrogen-bond donors (Lipinski definition) is 1. The van der Waals surface area contributed by atoms with Gasteiger partial charge >= 0.3 is 6.18 Å². The Bertz CT molecular complexity index is 1420. The van der Waals surface area contributed by atoms with Crippen LogP contribution in [-0.2, 0) is 16.2 Å². The fourth-order valence-electron chi connectivity index (χ4n) is 3.74. The Morgan fingerprint density at radius 1 is 0.973 bits per heavy atom. The first kappa shape index (κ1) is 28.2. The molecule has 0 unspecified atom stereocenters. The Morgan fingerprint density at radius 3 is 2.24 bits per heavy atom. The summed E-state index contributed by atoms with van der Waals surface area (Å²) in [5, 5.41) is 0.722. The second kappa shape index (κ2) is 11.1. The first-order chi connectivity index (χ1) is 17.3. The summed E-state index contributed by atoms with van der Waals surface area (Å²) in [4.78, 5) is 3.13. The van der Waals surface area contributed by atoms with Crippen molar-refractivity contribution in [2.45, 2.75) is 33.4 Å². The summed E-state index contributed by atoms with van der Waals surface area (Å²) in [6.45, 7) is 1.16. The lowest BCUT2D eigenvalue weighted by molar-refractivity contribution is -0.139. The van der Waals surface area contributed by atoms with E-state index in [1.165, 1.54) is 23.9 Å². The molecule has 198 valence electrons. The highest BCUT2D eigenvalue weighted by Crippen LogP contribution is 2.40. The molecule has 0 aliphatic carbocycles. The Kier molecular flexibility index (Phi) is 8.47. The highest BCUT2D eigenvalue weighted by molar-refractivity contribution is 7.99. The molecule has 37 heavy (non-hydrogen) atoms. The first-order valence-corrected chi connectivity index (χ1v) is 14.3. The molecule has 5 nitrogen and oxygen atoms in total. The van der Waals surface area contributed by atoms with Crippen molar-refractivity contribution < 1.29 is 26.3 Å². The van der Waals surface area contributed by atoms with Crippen LogP contribution in [0.5, 0.6) is 5.75 Å². The second-order valence-electron chi connectivity index (χ2n) is 8.38. The van der Waals surface area contributed by atoms with E-state index in [0.29, 0.717) is 34.5 Å². The molecule has 4 rings (SSSR count). The van der Waals surface area contributed by atoms with Gasteiger partial charge in [0.05, 0.1) is 26.3 Å². The third kappa shape index (κ3) is 6.99. The number of nitrogens with zero attached hydrogens (tertiary/aromatic N) is 1. The molecule has 1 aliphatic rings. The predicted octanol–water partition coefficient (Wildman–Crippen LogP) is 7.70. The van der Waals surface area contributed by atoms with Gasteiger partial charge in [0.1, 0.15) is 16.7 Å². The van der Waals surface area contributed by atoms with Crippen LogP contribution in [0.1, 0.15) is 12.0 Å². The lowest BCUT2D eigenvalue weighted by atomic mass is 10.1. The van der Waals surface area contributed by atoms with Crippen molar-refractivity contribution in [1.29, 1.82) is 0 Å². The minimum atomic E-state index is -4.66. The number of anilines is 1. The van der Waals surface area contributed by atoms with Crippen LogP contribution >= 0.6 is 46.6 Å². The molecule has 1 saturated heterocycles. The van der Waals surface area contributed by atoms with Crippen LogP contribution in [0, 0.1) is 0 Å². The Morgan fingerprint density at radius 2 is 1.65 bits per heavy atom. The van der Waals surface area contributed by atoms with Crippen molar-refractivity contribution in [3.05, 3.63) is 75.2 Å². The topological polar surface area (TPSA) is 58.6 Å². The van der Waals surface area contributed by atoms with E-state index in [2.05, 4.69) is 4.72 Å². The van der Waals surface area contributed by atoms with Gasteiger partial charge in [-0.2, -0.15) is 13.2 Å². The number of rotatable bonds is 7. The number of alkyl halides is 3. The van der Waals surface area contributed by atoms with Gasteiger partial charge in [0.2, 0.25) is 0 Å². The maximum atomic E-state index is 13.6. The molecule has 0 amide bonds. The second-order valence-corrected chi connectivity index (χ2v) is 12.4. The van der Waals surface area contributed by atoms with E-state index in [1.807, 2.05) is 11.9 Å². The lowest BCUT2D eigenvalue weighted by Crippen LogP contribution is -2.23. The molecule has 0 saturated carbocycles. The lowest BCUT2D eigenvalue weighted by Gasteiger charge is -2.19. The summed E-state index contributed by atoms with van der Waals surface area (Å²) < 4.78 is 74.7. The average molecular weight is 612 g/mol. The van der Waals surface area contributed by atoms with Crippen LogP contribution < -0.4 is 9.46 Å². The molecule has 0 spiro atoms. The smallest absolute Gasteiger partial charge is 0.419 e. The maximum absolute atomic E-state index is 13.6. The molecule has 13 heteroatoms. The largest absolute Gasteiger partial charge is 0.488 e. The first-order valence-electron chi connectivity index (χ1n) is 10.8. The molecule has 1 N–H and O–H groups in total. The van der Waals surface area contributed by atoms with Gasteiger partial charge in [0.15, 0.2) is 0 Å². The van der Waals surface area contributed by atoms with Crippen LogP contribution in [0.25, 0.3) is 0 Å². The van der Waals surface area contributed by atoms with Crippen LogP contribution in [-0.4, -0.2) is 39.6 Å². The monoisotopic (exact) mass is 610 g/mol. The Hall–Kier alpha value is -1.82. The van der Waals surface area contributed by atoms with Gasteiger partial charge in [-0.1, -0.05) is 46.6 Å². The SMILES string of the molecule is CN1CC[C@@H](Oc2cc(NS(=O)(=O)c3ccc(Sc4ccc(Cl)c(Cl)c4)cc3Cl)ccc2C(F)(F)F)C1. The zero-order valence-electron chi connectivity index (χ0n) is 19.2. The molecule has 3 aromatic carbocycles. The summed E-state index contributed by atoms with van der Waals surface area (Å²) in [5.41, 5.74) is -1.06. The molecular formula is C24H20Cl3F3N2O3S2. The van der Waals surface area contributed by atoms with Crippen LogP contribution in [0.2, 0.25) is 15.1 Å². The van der Waals surface area contributed by atoms with Crippen LogP contribution in [0.4, 0.5) is 18.9 Å². The van der Waals surface area contributed by atoms with E-state index in [0.717, 1.165) is 23.1 Å². The van der Waals surface area contributed by atoms with E-state index < -0.39 is 33.6 Å². The molecule has 3 aromatic rings. The summed E-state index contributed by atoms with van der Waals surface area (Å²) in [7, 11) is -2.38. The van der Waals surface area contributed by atoms with Crippen molar-refractivity contribution in [3.8, 4) is 5.75 Å². The van der Waals surface area contributed by atoms with Crippen molar-refractivity contribution in [2.24, 2.45) is 0 Å². The number of halogens is 6. The molecule has 1 aliphatic heterocycles. The molecule has 0 radical (unpaired) electrons. The van der Waals surface area contributed by atoms with Gasteiger partial charge in [-0.15, -0.1) is 0 Å². The minimum Gasteiger partial charge on any atom is -0.488 e. The van der Waals surface area contributed by atoms with Crippen molar-refractivity contribution in [2.75, 3.05) is 24.9 Å². The molecule has 1 fully saturated rings. The standard InChI is InChI=1S/C24H20Cl3F3N2O3S2/c1-32-9-8-15(13-32)35-22-10-14(2-5-18(22)24(28,29)30)31-37(33,34)23-7-4-17(12-21(23)27)36-16-3-6-19(25)20(26)11-16/h2-7,10-12,15,31H,8-9,13H2,1H3/t15-/m1/s1. The highest BCUT2D eigenvalue weighted by atomic mass is 35.5. The number of likely N-dealkylation sites (tertiary alicyclic amines) is 1. The molecule has 1 atom stereocenters. The zero-order chi connectivity index (χ0) is 27.0. The molecule has 0 aromatic heterocycles. The minimum absolute atomic E-state index is 0.0602. The molecular weight excluding hydrogens is 592 g/mol. The quantitative estimate of drug-likeness (QED) is 0.297. The molecule has 0 bridgehead atoms. The fraction of sp³-hybridized carbons (Fsp3) is 0.250. The van der Waals surface area contributed by atoms with E-state index >= 15 is 0 Å². The third-order valence-corrected chi connectivity index (χ3v) is 9.08. The van der Waals surface area contributed by atoms with Gasteiger partial charge in [-0.25, -0.2) is 8.42 Å². The maximum Gasteiger partial charge on any atom is 0.419 e. The van der Waals surface area contributed by atoms with Gasteiger partial charge in [-0.05, 0) is 62.0 Å². The number of ether oxygens (including phenoxy) is 1.